The minimum Gasteiger partial charge on any atom is -0.467 e. The third kappa shape index (κ3) is 5.21. The Morgan fingerprint density at radius 3 is 1.83 bits per heavy atom. The number of carbonyl (C=O) groups is 3. The first-order valence-corrected chi connectivity index (χ1v) is 9.82. The van der Waals surface area contributed by atoms with E-state index in [1.54, 1.807) is 24.3 Å². The van der Waals surface area contributed by atoms with Gasteiger partial charge < -0.3 is 19.1 Å². The van der Waals surface area contributed by atoms with Gasteiger partial charge in [0.2, 0.25) is 0 Å². The van der Waals surface area contributed by atoms with Crippen LogP contribution in [-0.4, -0.2) is 50.2 Å². The van der Waals surface area contributed by atoms with Crippen LogP contribution in [0.2, 0.25) is 5.02 Å². The van der Waals surface area contributed by atoms with E-state index < -0.39 is 29.9 Å². The molecule has 1 atom stereocenters. The van der Waals surface area contributed by atoms with Gasteiger partial charge in [0.25, 0.3) is 0 Å². The Morgan fingerprint density at radius 1 is 0.933 bits per heavy atom. The highest BCUT2D eigenvalue weighted by Crippen LogP contribution is 2.38. The molecule has 0 radical (unpaired) electrons. The van der Waals surface area contributed by atoms with Crippen LogP contribution in [0, 0.1) is 5.92 Å². The lowest BCUT2D eigenvalue weighted by Crippen LogP contribution is -2.40. The van der Waals surface area contributed by atoms with Crippen molar-refractivity contribution in [2.75, 3.05) is 21.3 Å². The average Bonchev–Trinajstić information content (AvgIpc) is 2.75. The average molecular weight is 436 g/mol. The Kier molecular flexibility index (Phi) is 8.06. The number of hydrogen-bond donors (Lipinski definition) is 0. The van der Waals surface area contributed by atoms with Crippen LogP contribution in [0.5, 0.6) is 0 Å². The van der Waals surface area contributed by atoms with E-state index in [-0.39, 0.29) is 17.1 Å². The molecule has 0 amide bonds. The molecule has 7 nitrogen and oxygen atoms in total. The fraction of sp³-hybridized carbons (Fsp3) is 0.409. The molecule has 8 heteroatoms. The van der Waals surface area contributed by atoms with Gasteiger partial charge in [-0.25, -0.2) is 14.4 Å². The maximum atomic E-state index is 12.7. The van der Waals surface area contributed by atoms with Gasteiger partial charge in [-0.3, -0.25) is 0 Å². The number of halogens is 1. The van der Waals surface area contributed by atoms with Crippen LogP contribution in [0.3, 0.4) is 0 Å². The fourth-order valence-corrected chi connectivity index (χ4v) is 3.49. The molecule has 0 aliphatic carbocycles. The Hall–Kier alpha value is -2.80. The molecule has 1 heterocycles. The molecule has 0 spiro atoms. The third-order valence-electron chi connectivity index (χ3n) is 4.77. The van der Waals surface area contributed by atoms with E-state index in [9.17, 15) is 14.4 Å². The van der Waals surface area contributed by atoms with Gasteiger partial charge in [-0.2, -0.15) is 0 Å². The van der Waals surface area contributed by atoms with Crippen LogP contribution in [-0.2, 0) is 28.6 Å². The number of rotatable bonds is 7. The molecule has 0 bridgehead atoms. The predicted octanol–water partition coefficient (Wildman–Crippen LogP) is 3.44. The van der Waals surface area contributed by atoms with Crippen molar-refractivity contribution >= 4 is 29.5 Å². The third-order valence-corrected chi connectivity index (χ3v) is 5.02. The highest BCUT2D eigenvalue weighted by atomic mass is 35.5. The van der Waals surface area contributed by atoms with E-state index in [0.717, 1.165) is 0 Å². The summed E-state index contributed by atoms with van der Waals surface area (Å²) in [6.45, 7) is 3.93. The van der Waals surface area contributed by atoms with Crippen molar-refractivity contribution in [2.24, 2.45) is 5.92 Å². The fourth-order valence-electron chi connectivity index (χ4n) is 3.37. The highest BCUT2D eigenvalue weighted by Gasteiger charge is 2.38. The lowest BCUT2D eigenvalue weighted by Gasteiger charge is -2.34. The van der Waals surface area contributed by atoms with Crippen LogP contribution >= 0.6 is 11.6 Å². The minimum atomic E-state index is -0.740. The van der Waals surface area contributed by atoms with Gasteiger partial charge in [-0.1, -0.05) is 37.6 Å². The topological polar surface area (TPSA) is 82.1 Å². The van der Waals surface area contributed by atoms with Gasteiger partial charge in [0.05, 0.1) is 38.4 Å². The standard InChI is InChI=1S/C22H26ClNO6/c1-13(2)10-18(22(27)30-5)24-11-16(20(25)28-3)19(17(12-24)21(26)29-4)14-6-8-15(23)9-7-14/h6-9,11-13,18-19H,10H2,1-5H3/t18-/m0/s1. The number of benzene rings is 1. The quantitative estimate of drug-likeness (QED) is 0.479. The van der Waals surface area contributed by atoms with Crippen molar-refractivity contribution in [1.29, 1.82) is 0 Å². The lowest BCUT2D eigenvalue weighted by molar-refractivity contribution is -0.146. The lowest BCUT2D eigenvalue weighted by atomic mass is 9.83. The normalized spacial score (nSPS) is 15.2. The summed E-state index contributed by atoms with van der Waals surface area (Å²) in [7, 11) is 3.81. The summed E-state index contributed by atoms with van der Waals surface area (Å²) in [6.07, 6.45) is 3.51. The van der Waals surface area contributed by atoms with Crippen LogP contribution in [0.15, 0.2) is 47.8 Å². The van der Waals surface area contributed by atoms with Gasteiger partial charge in [-0.05, 0) is 30.0 Å². The van der Waals surface area contributed by atoms with Crippen LogP contribution in [0.25, 0.3) is 0 Å². The van der Waals surface area contributed by atoms with Gasteiger partial charge in [0.15, 0.2) is 0 Å². The second-order valence-electron chi connectivity index (χ2n) is 7.25. The molecule has 0 saturated carbocycles. The number of nitrogens with zero attached hydrogens (tertiary/aromatic N) is 1. The zero-order chi connectivity index (χ0) is 22.4. The van der Waals surface area contributed by atoms with E-state index in [0.29, 0.717) is 17.0 Å². The Balaban J connectivity index is 2.66. The Labute approximate surface area is 181 Å². The summed E-state index contributed by atoms with van der Waals surface area (Å²) in [4.78, 5) is 39.3. The van der Waals surface area contributed by atoms with Crippen molar-refractivity contribution in [3.05, 3.63) is 58.4 Å². The minimum absolute atomic E-state index is 0.160. The summed E-state index contributed by atoms with van der Waals surface area (Å²) in [5.74, 6) is -2.30. The van der Waals surface area contributed by atoms with Crippen molar-refractivity contribution in [1.82, 2.24) is 4.90 Å². The van der Waals surface area contributed by atoms with E-state index in [2.05, 4.69) is 0 Å². The molecule has 1 aliphatic rings. The zero-order valence-corrected chi connectivity index (χ0v) is 18.4. The molecule has 162 valence electrons. The predicted molar refractivity (Wildman–Crippen MR) is 111 cm³/mol. The molecule has 1 aromatic carbocycles. The number of hydrogen-bond acceptors (Lipinski definition) is 7. The summed E-state index contributed by atoms with van der Waals surface area (Å²) in [6, 6.07) is 6.07. The van der Waals surface area contributed by atoms with Crippen molar-refractivity contribution < 1.29 is 28.6 Å². The first-order valence-electron chi connectivity index (χ1n) is 9.44. The van der Waals surface area contributed by atoms with Gasteiger partial charge >= 0.3 is 17.9 Å². The molecule has 30 heavy (non-hydrogen) atoms. The van der Waals surface area contributed by atoms with Gasteiger partial charge in [-0.15, -0.1) is 0 Å². The van der Waals surface area contributed by atoms with E-state index in [4.69, 9.17) is 25.8 Å². The molecular weight excluding hydrogens is 410 g/mol. The highest BCUT2D eigenvalue weighted by molar-refractivity contribution is 6.30. The zero-order valence-electron chi connectivity index (χ0n) is 17.7. The molecule has 0 unspecified atom stereocenters. The maximum absolute atomic E-state index is 12.7. The SMILES string of the molecule is COC(=O)C1=CN([C@@H](CC(C)C)C(=O)OC)C=C(C(=O)OC)C1c1ccc(Cl)cc1. The van der Waals surface area contributed by atoms with Gasteiger partial charge in [0, 0.05) is 17.4 Å². The first-order chi connectivity index (χ1) is 14.2. The molecule has 1 aliphatic heterocycles. The Bertz CT molecular complexity index is 825. The number of ether oxygens (including phenoxy) is 3. The number of carbonyl (C=O) groups excluding carboxylic acids is 3. The summed E-state index contributed by atoms with van der Waals surface area (Å²) in [5, 5.41) is 0.520. The van der Waals surface area contributed by atoms with Gasteiger partial charge in [0.1, 0.15) is 6.04 Å². The van der Waals surface area contributed by atoms with E-state index in [1.807, 2.05) is 13.8 Å². The smallest absolute Gasteiger partial charge is 0.336 e. The van der Waals surface area contributed by atoms with E-state index >= 15 is 0 Å². The molecule has 0 N–H and O–H groups in total. The molecule has 0 saturated heterocycles. The maximum Gasteiger partial charge on any atom is 0.336 e. The number of esters is 3. The van der Waals surface area contributed by atoms with Crippen molar-refractivity contribution in [2.45, 2.75) is 32.2 Å². The summed E-state index contributed by atoms with van der Waals surface area (Å²) < 4.78 is 14.9. The monoisotopic (exact) mass is 435 g/mol. The largest absolute Gasteiger partial charge is 0.467 e. The summed E-state index contributed by atoms with van der Waals surface area (Å²) >= 11 is 5.99. The van der Waals surface area contributed by atoms with Crippen LogP contribution in [0.4, 0.5) is 0 Å². The van der Waals surface area contributed by atoms with Crippen LogP contribution < -0.4 is 0 Å². The van der Waals surface area contributed by atoms with Crippen LogP contribution in [0.1, 0.15) is 31.7 Å². The molecule has 2 rings (SSSR count). The molecule has 0 fully saturated rings. The van der Waals surface area contributed by atoms with Crippen molar-refractivity contribution in [3.63, 3.8) is 0 Å². The molecular formula is C22H26ClNO6. The second kappa shape index (κ2) is 10.3. The molecule has 1 aromatic rings. The first kappa shape index (κ1) is 23.5. The number of methoxy groups -OCH3 is 3. The Morgan fingerprint density at radius 2 is 1.43 bits per heavy atom. The molecule has 0 aromatic heterocycles. The van der Waals surface area contributed by atoms with Crippen molar-refractivity contribution in [3.8, 4) is 0 Å². The second-order valence-corrected chi connectivity index (χ2v) is 7.69. The van der Waals surface area contributed by atoms with E-state index in [1.165, 1.54) is 38.6 Å². The summed E-state index contributed by atoms with van der Waals surface area (Å²) in [5.41, 5.74) is 1.05.